The number of aromatic nitrogens is 5. The Kier molecular flexibility index (Phi) is 4.76. The van der Waals surface area contributed by atoms with Gasteiger partial charge in [-0.3, -0.25) is 9.97 Å². The van der Waals surface area contributed by atoms with Crippen LogP contribution in [0.1, 0.15) is 6.92 Å². The van der Waals surface area contributed by atoms with Crippen LogP contribution in [-0.2, 0) is 0 Å². The molecule has 4 rings (SSSR count). The van der Waals surface area contributed by atoms with E-state index in [1.54, 1.807) is 37.1 Å². The van der Waals surface area contributed by atoms with Gasteiger partial charge in [-0.25, -0.2) is 15.0 Å². The number of fused-ring (bicyclic) bond motifs is 1. The average Bonchev–Trinajstić information content (AvgIpc) is 2.69. The van der Waals surface area contributed by atoms with Crippen LogP contribution in [0.3, 0.4) is 0 Å². The molecule has 0 aliphatic rings. The second kappa shape index (κ2) is 7.51. The van der Waals surface area contributed by atoms with Crippen molar-refractivity contribution in [1.82, 2.24) is 24.9 Å². The van der Waals surface area contributed by atoms with E-state index in [0.29, 0.717) is 29.0 Å². The molecule has 0 amide bonds. The molecule has 134 valence electrons. The summed E-state index contributed by atoms with van der Waals surface area (Å²) in [4.78, 5) is 21.8. The van der Waals surface area contributed by atoms with Gasteiger partial charge in [-0.1, -0.05) is 11.6 Å². The second-order valence-corrected chi connectivity index (χ2v) is 6.05. The summed E-state index contributed by atoms with van der Waals surface area (Å²) in [5.41, 5.74) is 2.06. The Labute approximate surface area is 160 Å². The summed E-state index contributed by atoms with van der Waals surface area (Å²) in [6, 6.07) is 7.45. The van der Waals surface area contributed by atoms with Crippen molar-refractivity contribution in [1.29, 1.82) is 0 Å². The Morgan fingerprint density at radius 3 is 2.74 bits per heavy atom. The van der Waals surface area contributed by atoms with Crippen molar-refractivity contribution >= 4 is 34.0 Å². The zero-order chi connectivity index (χ0) is 18.6. The molecule has 4 aromatic rings. The van der Waals surface area contributed by atoms with Crippen molar-refractivity contribution in [3.8, 4) is 17.3 Å². The zero-order valence-electron chi connectivity index (χ0n) is 14.4. The normalized spacial score (nSPS) is 10.7. The molecule has 0 fully saturated rings. The second-order valence-electron chi connectivity index (χ2n) is 5.62. The quantitative estimate of drug-likeness (QED) is 0.554. The van der Waals surface area contributed by atoms with Gasteiger partial charge >= 0.3 is 0 Å². The molecular weight excluding hydrogens is 364 g/mol. The van der Waals surface area contributed by atoms with Crippen molar-refractivity contribution < 1.29 is 4.74 Å². The van der Waals surface area contributed by atoms with E-state index in [4.69, 9.17) is 16.3 Å². The van der Waals surface area contributed by atoms with Crippen LogP contribution in [0.5, 0.6) is 5.75 Å². The Hall–Kier alpha value is -3.32. The third-order valence-corrected chi connectivity index (χ3v) is 3.94. The van der Waals surface area contributed by atoms with Gasteiger partial charge < -0.3 is 10.1 Å². The van der Waals surface area contributed by atoms with Gasteiger partial charge in [0.2, 0.25) is 0 Å². The topological polar surface area (TPSA) is 85.7 Å². The number of hydrogen-bond donors (Lipinski definition) is 1. The molecule has 0 bridgehead atoms. The number of nitrogens with zero attached hydrogens (tertiary/aromatic N) is 5. The monoisotopic (exact) mass is 378 g/mol. The zero-order valence-corrected chi connectivity index (χ0v) is 15.2. The van der Waals surface area contributed by atoms with Gasteiger partial charge in [-0.15, -0.1) is 0 Å². The molecule has 3 heterocycles. The number of benzene rings is 1. The van der Waals surface area contributed by atoms with E-state index < -0.39 is 0 Å². The summed E-state index contributed by atoms with van der Waals surface area (Å²) in [5.74, 6) is 1.82. The summed E-state index contributed by atoms with van der Waals surface area (Å²) in [6.07, 6.45) is 8.09. The summed E-state index contributed by atoms with van der Waals surface area (Å²) in [7, 11) is 0. The third kappa shape index (κ3) is 3.78. The lowest BCUT2D eigenvalue weighted by Gasteiger charge is -2.12. The number of rotatable bonds is 5. The summed E-state index contributed by atoms with van der Waals surface area (Å²) in [5, 5.41) is 4.61. The van der Waals surface area contributed by atoms with Crippen LogP contribution in [0.15, 0.2) is 55.2 Å². The van der Waals surface area contributed by atoms with Gasteiger partial charge in [0, 0.05) is 24.0 Å². The lowest BCUT2D eigenvalue weighted by atomic mass is 10.2. The molecule has 27 heavy (non-hydrogen) atoms. The van der Waals surface area contributed by atoms with Crippen LogP contribution in [0, 0.1) is 0 Å². The Morgan fingerprint density at radius 2 is 1.96 bits per heavy atom. The molecule has 0 saturated carbocycles. The van der Waals surface area contributed by atoms with Crippen LogP contribution in [0.25, 0.3) is 22.4 Å². The minimum absolute atomic E-state index is 0.470. The van der Waals surface area contributed by atoms with E-state index in [1.807, 2.05) is 25.1 Å². The lowest BCUT2D eigenvalue weighted by molar-refractivity contribution is 0.340. The Balaban J connectivity index is 1.87. The summed E-state index contributed by atoms with van der Waals surface area (Å²) >= 11 is 6.05. The minimum atomic E-state index is 0.470. The first-order chi connectivity index (χ1) is 13.2. The third-order valence-electron chi connectivity index (χ3n) is 3.74. The highest BCUT2D eigenvalue weighted by Crippen LogP contribution is 2.30. The smallest absolute Gasteiger partial charge is 0.182 e. The number of nitrogens with one attached hydrogen (secondary N) is 1. The van der Waals surface area contributed by atoms with Gasteiger partial charge in [-0.2, -0.15) is 0 Å². The molecule has 0 spiro atoms. The molecule has 7 nitrogen and oxygen atoms in total. The molecule has 3 aromatic heterocycles. The largest absolute Gasteiger partial charge is 0.494 e. The predicted molar refractivity (Wildman–Crippen MR) is 104 cm³/mol. The van der Waals surface area contributed by atoms with Crippen LogP contribution in [-0.4, -0.2) is 31.5 Å². The van der Waals surface area contributed by atoms with E-state index in [1.165, 1.54) is 0 Å². The van der Waals surface area contributed by atoms with Crippen molar-refractivity contribution in [2.75, 3.05) is 11.9 Å². The molecule has 1 aromatic carbocycles. The first-order valence-electron chi connectivity index (χ1n) is 8.31. The molecule has 0 aliphatic carbocycles. The first kappa shape index (κ1) is 17.1. The van der Waals surface area contributed by atoms with Crippen LogP contribution < -0.4 is 10.1 Å². The van der Waals surface area contributed by atoms with Crippen LogP contribution in [0.2, 0.25) is 5.02 Å². The number of halogens is 1. The molecule has 0 saturated heterocycles. The number of pyridine rings is 1. The van der Waals surface area contributed by atoms with Crippen molar-refractivity contribution in [3.05, 3.63) is 60.3 Å². The van der Waals surface area contributed by atoms with Crippen molar-refractivity contribution in [3.63, 3.8) is 0 Å². The van der Waals surface area contributed by atoms with Crippen LogP contribution >= 0.6 is 11.6 Å². The molecule has 1 N–H and O–H groups in total. The Morgan fingerprint density at radius 1 is 1.04 bits per heavy atom. The standard InChI is InChI=1S/C19H15ClN6O/c1-2-27-14-3-4-16-15(8-14)18(24-13-7-12(20)9-22-10-13)26-19(25-16)17-11-21-5-6-23-17/h3-11H,2H2,1H3,(H,24,25,26). The van der Waals surface area contributed by atoms with E-state index >= 15 is 0 Å². The first-order valence-corrected chi connectivity index (χ1v) is 8.69. The fraction of sp³-hybridized carbons (Fsp3) is 0.105. The highest BCUT2D eigenvalue weighted by atomic mass is 35.5. The Bertz CT molecular complexity index is 1090. The lowest BCUT2D eigenvalue weighted by Crippen LogP contribution is -2.01. The van der Waals surface area contributed by atoms with E-state index in [0.717, 1.165) is 22.3 Å². The van der Waals surface area contributed by atoms with E-state index in [-0.39, 0.29) is 0 Å². The van der Waals surface area contributed by atoms with E-state index in [9.17, 15) is 0 Å². The van der Waals surface area contributed by atoms with Crippen molar-refractivity contribution in [2.45, 2.75) is 6.92 Å². The maximum absolute atomic E-state index is 6.05. The fourth-order valence-electron chi connectivity index (χ4n) is 2.61. The highest BCUT2D eigenvalue weighted by molar-refractivity contribution is 6.30. The van der Waals surface area contributed by atoms with E-state index in [2.05, 4.69) is 30.2 Å². The van der Waals surface area contributed by atoms with Gasteiger partial charge in [0.15, 0.2) is 5.82 Å². The molecule has 8 heteroatoms. The fourth-order valence-corrected chi connectivity index (χ4v) is 2.78. The summed E-state index contributed by atoms with van der Waals surface area (Å²) in [6.45, 7) is 2.51. The maximum Gasteiger partial charge on any atom is 0.182 e. The van der Waals surface area contributed by atoms with Gasteiger partial charge in [0.1, 0.15) is 17.3 Å². The predicted octanol–water partition coefficient (Wildman–Crippen LogP) is 4.28. The average molecular weight is 379 g/mol. The van der Waals surface area contributed by atoms with Gasteiger partial charge in [-0.05, 0) is 31.2 Å². The number of anilines is 2. The van der Waals surface area contributed by atoms with Gasteiger partial charge in [0.05, 0.1) is 35.2 Å². The van der Waals surface area contributed by atoms with Gasteiger partial charge in [0.25, 0.3) is 0 Å². The minimum Gasteiger partial charge on any atom is -0.494 e. The molecule has 0 unspecified atom stereocenters. The molecular formula is C19H15ClN6O. The van der Waals surface area contributed by atoms with Crippen molar-refractivity contribution in [2.24, 2.45) is 0 Å². The number of hydrogen-bond acceptors (Lipinski definition) is 7. The highest BCUT2D eigenvalue weighted by Gasteiger charge is 2.12. The molecule has 0 radical (unpaired) electrons. The molecule has 0 atom stereocenters. The SMILES string of the molecule is CCOc1ccc2nc(-c3cnccn3)nc(Nc3cncc(Cl)c3)c2c1. The molecule has 0 aliphatic heterocycles. The van der Waals surface area contributed by atoms with Crippen LogP contribution in [0.4, 0.5) is 11.5 Å². The number of ether oxygens (including phenoxy) is 1. The summed E-state index contributed by atoms with van der Waals surface area (Å²) < 4.78 is 5.61. The maximum atomic E-state index is 6.05.